The highest BCUT2D eigenvalue weighted by Crippen LogP contribution is 2.21. The topological polar surface area (TPSA) is 72.4 Å². The molecule has 0 aromatic heterocycles. The van der Waals surface area contributed by atoms with E-state index < -0.39 is 10.7 Å². The zero-order valence-corrected chi connectivity index (χ0v) is 11.2. The first-order chi connectivity index (χ1) is 8.60. The van der Waals surface area contributed by atoms with Gasteiger partial charge in [-0.15, -0.1) is 12.4 Å². The van der Waals surface area contributed by atoms with Crippen LogP contribution in [-0.4, -0.2) is 29.5 Å². The van der Waals surface area contributed by atoms with E-state index in [0.29, 0.717) is 24.6 Å². The van der Waals surface area contributed by atoms with Crippen molar-refractivity contribution in [1.29, 1.82) is 0 Å². The summed E-state index contributed by atoms with van der Waals surface area (Å²) in [4.78, 5) is 12.0. The molecule has 2 rings (SSSR count). The first-order valence-corrected chi connectivity index (χ1v) is 5.95. The van der Waals surface area contributed by atoms with Gasteiger partial charge in [0.15, 0.2) is 0 Å². The summed E-state index contributed by atoms with van der Waals surface area (Å²) in [6.07, 6.45) is 1.03. The van der Waals surface area contributed by atoms with Gasteiger partial charge >= 0.3 is 0 Å². The van der Waals surface area contributed by atoms with Gasteiger partial charge in [0.25, 0.3) is 5.69 Å². The number of nitro benzene ring substituents is 1. The van der Waals surface area contributed by atoms with E-state index in [9.17, 15) is 14.5 Å². The van der Waals surface area contributed by atoms with E-state index in [1.54, 1.807) is 0 Å². The fraction of sp³-hybridized carbons (Fsp3) is 0.500. The molecule has 1 aromatic carbocycles. The SMILES string of the molecule is Cl.NCC1CCN(Cc2ccc([N+](=O)[O-])cc2F)C1. The lowest BCUT2D eigenvalue weighted by atomic mass is 10.1. The van der Waals surface area contributed by atoms with E-state index in [1.165, 1.54) is 12.1 Å². The summed E-state index contributed by atoms with van der Waals surface area (Å²) < 4.78 is 13.7. The quantitative estimate of drug-likeness (QED) is 0.679. The van der Waals surface area contributed by atoms with Gasteiger partial charge in [-0.05, 0) is 31.5 Å². The number of likely N-dealkylation sites (tertiary alicyclic amines) is 1. The predicted octanol–water partition coefficient (Wildman–Crippen LogP) is 1.94. The molecule has 1 aliphatic rings. The molecule has 1 heterocycles. The Kier molecular flexibility index (Phi) is 5.65. The molecular weight excluding hydrogens is 273 g/mol. The Balaban J connectivity index is 0.00000180. The monoisotopic (exact) mass is 289 g/mol. The van der Waals surface area contributed by atoms with Crippen molar-refractivity contribution in [3.63, 3.8) is 0 Å². The smallest absolute Gasteiger partial charge is 0.272 e. The molecule has 1 aromatic rings. The summed E-state index contributed by atoms with van der Waals surface area (Å²) in [6.45, 7) is 2.91. The minimum atomic E-state index is -0.590. The van der Waals surface area contributed by atoms with Crippen molar-refractivity contribution >= 4 is 18.1 Å². The largest absolute Gasteiger partial charge is 0.330 e. The third kappa shape index (κ3) is 3.86. The zero-order chi connectivity index (χ0) is 13.1. The van der Waals surface area contributed by atoms with Crippen LogP contribution in [0.3, 0.4) is 0 Å². The van der Waals surface area contributed by atoms with Gasteiger partial charge in [0, 0.05) is 24.7 Å². The molecule has 1 unspecified atom stereocenters. The summed E-state index contributed by atoms with van der Waals surface area (Å²) >= 11 is 0. The highest BCUT2D eigenvalue weighted by Gasteiger charge is 2.22. The van der Waals surface area contributed by atoms with Gasteiger partial charge in [-0.25, -0.2) is 4.39 Å². The predicted molar refractivity (Wildman–Crippen MR) is 72.7 cm³/mol. The summed E-state index contributed by atoms with van der Waals surface area (Å²) in [5.74, 6) is -0.0356. The molecule has 0 spiro atoms. The van der Waals surface area contributed by atoms with E-state index in [-0.39, 0.29) is 18.1 Å². The highest BCUT2D eigenvalue weighted by atomic mass is 35.5. The minimum absolute atomic E-state index is 0. The molecule has 19 heavy (non-hydrogen) atoms. The molecule has 1 atom stereocenters. The van der Waals surface area contributed by atoms with Crippen LogP contribution in [0, 0.1) is 21.8 Å². The van der Waals surface area contributed by atoms with E-state index in [0.717, 1.165) is 25.6 Å². The van der Waals surface area contributed by atoms with Gasteiger partial charge in [-0.3, -0.25) is 15.0 Å². The van der Waals surface area contributed by atoms with Crippen molar-refractivity contribution in [3.8, 4) is 0 Å². The Morgan fingerprint density at radius 2 is 2.26 bits per heavy atom. The van der Waals surface area contributed by atoms with Crippen LogP contribution in [0.5, 0.6) is 0 Å². The lowest BCUT2D eigenvalue weighted by Gasteiger charge is -2.15. The molecular formula is C12H17ClFN3O2. The molecule has 1 saturated heterocycles. The molecule has 7 heteroatoms. The van der Waals surface area contributed by atoms with Crippen LogP contribution >= 0.6 is 12.4 Å². The van der Waals surface area contributed by atoms with Gasteiger partial charge in [-0.2, -0.15) is 0 Å². The van der Waals surface area contributed by atoms with Gasteiger partial charge in [0.2, 0.25) is 0 Å². The van der Waals surface area contributed by atoms with Crippen molar-refractivity contribution in [1.82, 2.24) is 4.90 Å². The maximum absolute atomic E-state index is 13.7. The molecule has 2 N–H and O–H groups in total. The number of nitrogens with two attached hydrogens (primary N) is 1. The Hall–Kier alpha value is -1.24. The van der Waals surface area contributed by atoms with Crippen LogP contribution in [0.2, 0.25) is 0 Å². The summed E-state index contributed by atoms with van der Waals surface area (Å²) in [6, 6.07) is 3.81. The number of nitrogens with zero attached hydrogens (tertiary/aromatic N) is 2. The van der Waals surface area contributed by atoms with E-state index >= 15 is 0 Å². The molecule has 0 aliphatic carbocycles. The second kappa shape index (κ2) is 6.79. The molecule has 0 bridgehead atoms. The highest BCUT2D eigenvalue weighted by molar-refractivity contribution is 5.85. The molecule has 1 aliphatic heterocycles. The van der Waals surface area contributed by atoms with E-state index in [1.807, 2.05) is 0 Å². The average molecular weight is 290 g/mol. The second-order valence-electron chi connectivity index (χ2n) is 4.66. The van der Waals surface area contributed by atoms with E-state index in [2.05, 4.69) is 4.90 Å². The fourth-order valence-corrected chi connectivity index (χ4v) is 2.27. The molecule has 106 valence electrons. The van der Waals surface area contributed by atoms with Crippen molar-refractivity contribution < 1.29 is 9.31 Å². The summed E-state index contributed by atoms with van der Waals surface area (Å²) in [5, 5.41) is 10.5. The first kappa shape index (κ1) is 15.8. The lowest BCUT2D eigenvalue weighted by Crippen LogP contribution is -2.23. The number of rotatable bonds is 4. The van der Waals surface area contributed by atoms with Crippen LogP contribution in [-0.2, 0) is 6.54 Å². The van der Waals surface area contributed by atoms with Crippen LogP contribution in [0.4, 0.5) is 10.1 Å². The number of non-ortho nitro benzene ring substituents is 1. The number of hydrogen-bond acceptors (Lipinski definition) is 4. The average Bonchev–Trinajstić information content (AvgIpc) is 2.79. The van der Waals surface area contributed by atoms with E-state index in [4.69, 9.17) is 5.73 Å². The number of hydrogen-bond donors (Lipinski definition) is 1. The van der Waals surface area contributed by atoms with Crippen molar-refractivity contribution in [2.24, 2.45) is 11.7 Å². The third-order valence-corrected chi connectivity index (χ3v) is 3.34. The van der Waals surface area contributed by atoms with Crippen molar-refractivity contribution in [3.05, 3.63) is 39.7 Å². The Labute approximate surface area is 117 Å². The molecule has 1 fully saturated rings. The molecule has 0 radical (unpaired) electrons. The zero-order valence-electron chi connectivity index (χ0n) is 10.4. The molecule has 0 amide bonds. The maximum Gasteiger partial charge on any atom is 0.272 e. The number of halogens is 2. The lowest BCUT2D eigenvalue weighted by molar-refractivity contribution is -0.385. The Morgan fingerprint density at radius 3 is 2.79 bits per heavy atom. The fourth-order valence-electron chi connectivity index (χ4n) is 2.27. The first-order valence-electron chi connectivity index (χ1n) is 5.95. The van der Waals surface area contributed by atoms with Gasteiger partial charge in [0.05, 0.1) is 11.0 Å². The number of nitro groups is 1. The molecule has 0 saturated carbocycles. The standard InChI is InChI=1S/C12H16FN3O2.ClH/c13-12-5-11(16(17)18)2-1-10(12)8-15-4-3-9(6-14)7-15;/h1-2,5,9H,3-4,6-8,14H2;1H. The van der Waals surface area contributed by atoms with Gasteiger partial charge in [-0.1, -0.05) is 0 Å². The summed E-state index contributed by atoms with van der Waals surface area (Å²) in [5.41, 5.74) is 5.88. The van der Waals surface area contributed by atoms with Crippen LogP contribution in [0.25, 0.3) is 0 Å². The van der Waals surface area contributed by atoms with Crippen LogP contribution in [0.15, 0.2) is 18.2 Å². The maximum atomic E-state index is 13.7. The normalized spacial score (nSPS) is 19.2. The Morgan fingerprint density at radius 1 is 1.53 bits per heavy atom. The van der Waals surface area contributed by atoms with Crippen molar-refractivity contribution in [2.45, 2.75) is 13.0 Å². The van der Waals surface area contributed by atoms with Crippen LogP contribution in [0.1, 0.15) is 12.0 Å². The second-order valence-corrected chi connectivity index (χ2v) is 4.66. The minimum Gasteiger partial charge on any atom is -0.330 e. The summed E-state index contributed by atoms with van der Waals surface area (Å²) in [7, 11) is 0. The third-order valence-electron chi connectivity index (χ3n) is 3.34. The molecule has 5 nitrogen and oxygen atoms in total. The van der Waals surface area contributed by atoms with Crippen LogP contribution < -0.4 is 5.73 Å². The number of benzene rings is 1. The van der Waals surface area contributed by atoms with Gasteiger partial charge < -0.3 is 5.73 Å². The Bertz CT molecular complexity index is 459. The van der Waals surface area contributed by atoms with Crippen molar-refractivity contribution in [2.75, 3.05) is 19.6 Å². The van der Waals surface area contributed by atoms with Gasteiger partial charge in [0.1, 0.15) is 5.82 Å².